The third-order valence-corrected chi connectivity index (χ3v) is 4.72. The lowest BCUT2D eigenvalue weighted by Gasteiger charge is -2.17. The van der Waals surface area contributed by atoms with Crippen LogP contribution in [0.15, 0.2) is 42.6 Å². The van der Waals surface area contributed by atoms with Gasteiger partial charge in [-0.2, -0.15) is 13.2 Å². The van der Waals surface area contributed by atoms with Crippen LogP contribution in [-0.2, 0) is 6.18 Å². The van der Waals surface area contributed by atoms with E-state index < -0.39 is 69.4 Å². The van der Waals surface area contributed by atoms with Gasteiger partial charge in [0.25, 0.3) is 11.8 Å². The van der Waals surface area contributed by atoms with Gasteiger partial charge in [0.15, 0.2) is 17.4 Å². The second-order valence-corrected chi connectivity index (χ2v) is 7.27. The number of ether oxygens (including phenoxy) is 2. The van der Waals surface area contributed by atoms with Gasteiger partial charge in [-0.15, -0.1) is 13.2 Å². The van der Waals surface area contributed by atoms with Crippen molar-refractivity contribution in [3.63, 3.8) is 0 Å². The largest absolute Gasteiger partial charge is 0.573 e. The summed E-state index contributed by atoms with van der Waals surface area (Å²) in [5, 5.41) is 0.927. The number of carbonyl (C=O) groups is 2. The van der Waals surface area contributed by atoms with Crippen molar-refractivity contribution in [1.29, 1.82) is 0 Å². The molecule has 16 heteroatoms. The summed E-state index contributed by atoms with van der Waals surface area (Å²) >= 11 is 5.66. The minimum absolute atomic E-state index is 0.199. The molecular formula is C21H10ClF8N3O4. The van der Waals surface area contributed by atoms with Crippen LogP contribution >= 0.6 is 11.6 Å². The molecule has 1 aromatic heterocycles. The topological polar surface area (TPSA) is 104 Å². The highest BCUT2D eigenvalue weighted by molar-refractivity contribution is 6.32. The predicted octanol–water partition coefficient (Wildman–Crippen LogP) is 6.07. The quantitative estimate of drug-likeness (QED) is 0.359. The summed E-state index contributed by atoms with van der Waals surface area (Å²) in [5.74, 6) is -9.30. The zero-order chi connectivity index (χ0) is 27.7. The Morgan fingerprint density at radius 2 is 1.51 bits per heavy atom. The van der Waals surface area contributed by atoms with Crippen molar-refractivity contribution in [1.82, 2.24) is 4.98 Å². The molecular weight excluding hydrogens is 546 g/mol. The molecule has 2 aromatic carbocycles. The maximum Gasteiger partial charge on any atom is 0.573 e. The van der Waals surface area contributed by atoms with E-state index in [9.17, 15) is 44.7 Å². The molecule has 1 heterocycles. The third kappa shape index (κ3) is 6.35. The highest BCUT2D eigenvalue weighted by atomic mass is 35.5. The number of primary amides is 1. The van der Waals surface area contributed by atoms with Crippen LogP contribution in [-0.4, -0.2) is 23.2 Å². The molecule has 0 unspecified atom stereocenters. The van der Waals surface area contributed by atoms with Crippen LogP contribution < -0.4 is 20.5 Å². The number of nitrogens with one attached hydrogen (secondary N) is 1. The first-order valence-corrected chi connectivity index (χ1v) is 9.84. The lowest BCUT2D eigenvalue weighted by atomic mass is 10.1. The molecule has 3 N–H and O–H groups in total. The fourth-order valence-electron chi connectivity index (χ4n) is 2.80. The zero-order valence-corrected chi connectivity index (χ0v) is 18.4. The number of anilines is 1. The molecule has 0 saturated carbocycles. The van der Waals surface area contributed by atoms with Gasteiger partial charge in [-0.05, 0) is 36.4 Å². The Kier molecular flexibility index (Phi) is 7.48. The predicted molar refractivity (Wildman–Crippen MR) is 110 cm³/mol. The molecule has 0 bridgehead atoms. The van der Waals surface area contributed by atoms with Crippen molar-refractivity contribution in [2.75, 3.05) is 5.32 Å². The van der Waals surface area contributed by atoms with Gasteiger partial charge in [-0.3, -0.25) is 9.59 Å². The van der Waals surface area contributed by atoms with E-state index >= 15 is 0 Å². The summed E-state index contributed by atoms with van der Waals surface area (Å²) in [6.45, 7) is 0. The average molecular weight is 556 g/mol. The molecule has 0 radical (unpaired) electrons. The van der Waals surface area contributed by atoms with Gasteiger partial charge in [0, 0.05) is 0 Å². The van der Waals surface area contributed by atoms with E-state index in [4.69, 9.17) is 22.1 Å². The third-order valence-electron chi connectivity index (χ3n) is 4.37. The summed E-state index contributed by atoms with van der Waals surface area (Å²) in [6, 6.07) is 3.97. The Labute approximate surface area is 205 Å². The molecule has 0 atom stereocenters. The number of nitrogens with two attached hydrogens (primary N) is 1. The minimum atomic E-state index is -5.28. The molecule has 0 aliphatic rings. The lowest BCUT2D eigenvalue weighted by Crippen LogP contribution is -2.19. The number of amides is 2. The molecule has 196 valence electrons. The molecule has 3 rings (SSSR count). The van der Waals surface area contributed by atoms with Gasteiger partial charge in [0.2, 0.25) is 0 Å². The van der Waals surface area contributed by atoms with Gasteiger partial charge in [-0.1, -0.05) is 11.6 Å². The maximum absolute atomic E-state index is 14.9. The average Bonchev–Trinajstić information content (AvgIpc) is 2.77. The number of pyridine rings is 1. The smallest absolute Gasteiger partial charge is 0.455 e. The van der Waals surface area contributed by atoms with Gasteiger partial charge in [-0.25, -0.2) is 13.8 Å². The Morgan fingerprint density at radius 3 is 2.05 bits per heavy atom. The molecule has 0 aliphatic heterocycles. The van der Waals surface area contributed by atoms with Crippen LogP contribution in [0.4, 0.5) is 40.8 Å². The minimum Gasteiger partial charge on any atom is -0.455 e. The second kappa shape index (κ2) is 10.1. The number of rotatable bonds is 6. The van der Waals surface area contributed by atoms with Crippen molar-refractivity contribution in [3.8, 4) is 17.2 Å². The maximum atomic E-state index is 14.9. The van der Waals surface area contributed by atoms with Crippen molar-refractivity contribution < 1.29 is 54.2 Å². The van der Waals surface area contributed by atoms with Gasteiger partial charge >= 0.3 is 12.5 Å². The molecule has 0 spiro atoms. The first-order chi connectivity index (χ1) is 17.1. The Morgan fingerprint density at radius 1 is 0.892 bits per heavy atom. The van der Waals surface area contributed by atoms with Crippen molar-refractivity contribution in [2.24, 2.45) is 5.73 Å². The summed E-state index contributed by atoms with van der Waals surface area (Å²) in [7, 11) is 0. The van der Waals surface area contributed by atoms with E-state index in [1.807, 2.05) is 5.32 Å². The molecule has 0 fully saturated rings. The van der Waals surface area contributed by atoms with Crippen LogP contribution in [0.5, 0.6) is 17.2 Å². The summed E-state index contributed by atoms with van der Waals surface area (Å²) < 4.78 is 115. The summed E-state index contributed by atoms with van der Waals surface area (Å²) in [4.78, 5) is 27.4. The number of aromatic nitrogens is 1. The van der Waals surface area contributed by atoms with Crippen molar-refractivity contribution in [3.05, 3.63) is 76.1 Å². The fourth-order valence-corrected chi connectivity index (χ4v) is 2.99. The number of benzene rings is 2. The summed E-state index contributed by atoms with van der Waals surface area (Å²) in [6.07, 6.45) is -9.63. The second-order valence-electron chi connectivity index (χ2n) is 6.89. The molecule has 0 aliphatic carbocycles. The Hall–Kier alpha value is -4.14. The zero-order valence-electron chi connectivity index (χ0n) is 17.6. The number of halogens is 9. The Bertz CT molecular complexity index is 1360. The number of carbonyl (C=O) groups excluding carboxylic acids is 2. The van der Waals surface area contributed by atoms with Gasteiger partial charge in [0.05, 0.1) is 17.4 Å². The summed E-state index contributed by atoms with van der Waals surface area (Å²) in [5.41, 5.74) is 1.43. The van der Waals surface area contributed by atoms with Crippen LogP contribution in [0.25, 0.3) is 0 Å². The normalized spacial score (nSPS) is 11.7. The highest BCUT2D eigenvalue weighted by Gasteiger charge is 2.38. The number of alkyl halides is 6. The first kappa shape index (κ1) is 27.4. The monoisotopic (exact) mass is 555 g/mol. The molecule has 7 nitrogen and oxygen atoms in total. The van der Waals surface area contributed by atoms with Crippen molar-refractivity contribution >= 4 is 29.1 Å². The molecule has 3 aromatic rings. The van der Waals surface area contributed by atoms with E-state index in [2.05, 4.69) is 9.72 Å². The highest BCUT2D eigenvalue weighted by Crippen LogP contribution is 2.41. The van der Waals surface area contributed by atoms with Crippen LogP contribution in [0.2, 0.25) is 5.02 Å². The lowest BCUT2D eigenvalue weighted by molar-refractivity contribution is -0.275. The van der Waals surface area contributed by atoms with E-state index in [0.29, 0.717) is 18.2 Å². The van der Waals surface area contributed by atoms with Crippen LogP contribution in [0, 0.1) is 11.6 Å². The van der Waals surface area contributed by atoms with Crippen molar-refractivity contribution in [2.45, 2.75) is 12.5 Å². The van der Waals surface area contributed by atoms with E-state index in [0.717, 1.165) is 18.3 Å². The molecule has 37 heavy (non-hydrogen) atoms. The van der Waals surface area contributed by atoms with Crippen LogP contribution in [0.1, 0.15) is 26.4 Å². The first-order valence-electron chi connectivity index (χ1n) is 9.47. The molecule has 0 saturated heterocycles. The Balaban J connectivity index is 2.03. The van der Waals surface area contributed by atoms with Crippen LogP contribution in [0.3, 0.4) is 0 Å². The van der Waals surface area contributed by atoms with E-state index in [1.165, 1.54) is 0 Å². The standard InChI is InChI=1S/C21H10ClF8N3O4/c22-15-12(5-6-13(17(15)24)37-21(28,29)30)36-11-4-2-9(20(25,26)27)16(23)14(11)19(35)33-8-1-3-10(18(31)34)32-7-8/h1-7H,(H2,31,34)(H,33,35). The number of hydrogen-bond donors (Lipinski definition) is 2. The van der Waals surface area contributed by atoms with E-state index in [-0.39, 0.29) is 17.4 Å². The SMILES string of the molecule is NC(=O)c1ccc(NC(=O)c2c(Oc3ccc(OC(F)(F)F)c(F)c3Cl)ccc(C(F)(F)F)c2F)cn1. The van der Waals surface area contributed by atoms with Gasteiger partial charge in [0.1, 0.15) is 27.8 Å². The fraction of sp³-hybridized carbons (Fsp3) is 0.0952. The number of hydrogen-bond acceptors (Lipinski definition) is 5. The number of nitrogens with zero attached hydrogens (tertiary/aromatic N) is 1. The van der Waals surface area contributed by atoms with Gasteiger partial charge < -0.3 is 20.5 Å². The van der Waals surface area contributed by atoms with E-state index in [1.54, 1.807) is 0 Å². The molecule has 2 amide bonds.